The molecule has 0 spiro atoms. The monoisotopic (exact) mass is 336 g/mol. The molecule has 0 aromatic carbocycles. The van der Waals surface area contributed by atoms with Crippen molar-refractivity contribution in [3.63, 3.8) is 0 Å². The summed E-state index contributed by atoms with van der Waals surface area (Å²) in [5.74, 6) is 0.655. The van der Waals surface area contributed by atoms with Gasteiger partial charge in [-0.1, -0.05) is 20.8 Å². The summed E-state index contributed by atoms with van der Waals surface area (Å²) >= 11 is 0. The molecule has 2 fully saturated rings. The highest BCUT2D eigenvalue weighted by Gasteiger charge is 2.51. The molecule has 0 radical (unpaired) electrons. The van der Waals surface area contributed by atoms with Gasteiger partial charge in [0.05, 0.1) is 5.56 Å². The maximum Gasteiger partial charge on any atom is 0.257 e. The van der Waals surface area contributed by atoms with E-state index in [4.69, 9.17) is 0 Å². The molecule has 2 atom stereocenters. The van der Waals surface area contributed by atoms with Crippen LogP contribution in [0.4, 0.5) is 0 Å². The van der Waals surface area contributed by atoms with E-state index in [1.807, 2.05) is 12.1 Å². The second kappa shape index (κ2) is 5.61. The Labute approximate surface area is 148 Å². The number of pyridine rings is 1. The van der Waals surface area contributed by atoms with Crippen LogP contribution in [0.2, 0.25) is 0 Å². The number of rotatable bonds is 2. The fraction of sp³-hybridized carbons (Fsp3) is 0.500. The van der Waals surface area contributed by atoms with Crippen LogP contribution in [-0.2, 0) is 0 Å². The molecule has 2 aromatic rings. The quantitative estimate of drug-likeness (QED) is 0.841. The van der Waals surface area contributed by atoms with Gasteiger partial charge in [0.2, 0.25) is 0 Å². The molecule has 1 saturated heterocycles. The van der Waals surface area contributed by atoms with Gasteiger partial charge >= 0.3 is 0 Å². The Morgan fingerprint density at radius 1 is 1.16 bits per heavy atom. The van der Waals surface area contributed by atoms with Crippen LogP contribution >= 0.6 is 0 Å². The zero-order valence-corrected chi connectivity index (χ0v) is 15.1. The first kappa shape index (κ1) is 16.2. The molecule has 1 aliphatic carbocycles. The average molecular weight is 336 g/mol. The number of nitrogens with zero attached hydrogens (tertiary/aromatic N) is 4. The summed E-state index contributed by atoms with van der Waals surface area (Å²) in [5.41, 5.74) is 1.96. The maximum absolute atomic E-state index is 13.0. The van der Waals surface area contributed by atoms with Crippen LogP contribution in [-0.4, -0.2) is 38.3 Å². The van der Waals surface area contributed by atoms with E-state index in [0.29, 0.717) is 22.8 Å². The van der Waals surface area contributed by atoms with Gasteiger partial charge in [0.25, 0.3) is 5.91 Å². The summed E-state index contributed by atoms with van der Waals surface area (Å²) in [6.45, 7) is 7.79. The standard InChI is InChI=1S/C20H24N4O/c1-19(2)7-16-8-20(3,12-19)13-24(16)18(25)15-10-22-17(23-11-15)14-5-4-6-21-9-14/h4-6,9-11,16H,7-8,12-13H2,1-3H3/t16-,20-/m1/s1. The van der Waals surface area contributed by atoms with Gasteiger partial charge in [-0.15, -0.1) is 0 Å². The van der Waals surface area contributed by atoms with Crippen molar-refractivity contribution in [1.82, 2.24) is 19.9 Å². The molecule has 25 heavy (non-hydrogen) atoms. The Bertz CT molecular complexity index is 787. The zero-order valence-electron chi connectivity index (χ0n) is 15.1. The molecule has 0 N–H and O–H groups in total. The lowest BCUT2D eigenvalue weighted by Crippen LogP contribution is -2.37. The Morgan fingerprint density at radius 3 is 2.60 bits per heavy atom. The summed E-state index contributed by atoms with van der Waals surface area (Å²) in [6, 6.07) is 4.10. The van der Waals surface area contributed by atoms with E-state index in [9.17, 15) is 4.79 Å². The number of fused-ring (bicyclic) bond motifs is 2. The van der Waals surface area contributed by atoms with Crippen molar-refractivity contribution in [1.29, 1.82) is 0 Å². The Hall–Kier alpha value is -2.30. The minimum Gasteiger partial charge on any atom is -0.335 e. The first-order valence-corrected chi connectivity index (χ1v) is 8.89. The Morgan fingerprint density at radius 2 is 1.92 bits per heavy atom. The molecule has 1 amide bonds. The molecule has 4 rings (SSSR count). The summed E-state index contributed by atoms with van der Waals surface area (Å²) in [6.07, 6.45) is 10.1. The molecule has 5 nitrogen and oxygen atoms in total. The summed E-state index contributed by atoms with van der Waals surface area (Å²) in [5, 5.41) is 0. The molecule has 0 unspecified atom stereocenters. The number of likely N-dealkylation sites (tertiary alicyclic amines) is 1. The van der Waals surface area contributed by atoms with Gasteiger partial charge in [0, 0.05) is 42.9 Å². The smallest absolute Gasteiger partial charge is 0.257 e. The van der Waals surface area contributed by atoms with E-state index in [-0.39, 0.29) is 11.3 Å². The third-order valence-electron chi connectivity index (χ3n) is 5.49. The minimum atomic E-state index is 0.0594. The van der Waals surface area contributed by atoms with E-state index in [1.165, 1.54) is 6.42 Å². The Balaban J connectivity index is 1.56. The molecule has 3 heterocycles. The minimum absolute atomic E-state index is 0.0594. The molecular formula is C20H24N4O. The van der Waals surface area contributed by atoms with Crippen molar-refractivity contribution < 1.29 is 4.79 Å². The lowest BCUT2D eigenvalue weighted by atomic mass is 9.65. The average Bonchev–Trinajstić information content (AvgIpc) is 2.84. The van der Waals surface area contributed by atoms with Crippen LogP contribution in [0.1, 0.15) is 50.4 Å². The van der Waals surface area contributed by atoms with Gasteiger partial charge in [-0.25, -0.2) is 9.97 Å². The third-order valence-corrected chi connectivity index (χ3v) is 5.49. The summed E-state index contributed by atoms with van der Waals surface area (Å²) in [4.78, 5) is 27.9. The predicted octanol–water partition coefficient (Wildman–Crippen LogP) is 3.58. The van der Waals surface area contributed by atoms with Crippen LogP contribution in [0.3, 0.4) is 0 Å². The van der Waals surface area contributed by atoms with Gasteiger partial charge in [-0.3, -0.25) is 9.78 Å². The molecule has 2 bridgehead atoms. The number of carbonyl (C=O) groups is 1. The van der Waals surface area contributed by atoms with Crippen molar-refractivity contribution in [2.75, 3.05) is 6.54 Å². The van der Waals surface area contributed by atoms with Crippen LogP contribution in [0, 0.1) is 10.8 Å². The number of aromatic nitrogens is 3. The molecule has 5 heteroatoms. The molecular weight excluding hydrogens is 312 g/mol. The topological polar surface area (TPSA) is 59.0 Å². The lowest BCUT2D eigenvalue weighted by Gasteiger charge is -2.39. The lowest BCUT2D eigenvalue weighted by molar-refractivity contribution is 0.0707. The highest BCUT2D eigenvalue weighted by Crippen LogP contribution is 2.52. The molecule has 2 aromatic heterocycles. The van der Waals surface area contributed by atoms with Crippen LogP contribution in [0.25, 0.3) is 11.4 Å². The van der Waals surface area contributed by atoms with Gasteiger partial charge in [0.15, 0.2) is 5.82 Å². The van der Waals surface area contributed by atoms with Crippen molar-refractivity contribution in [3.8, 4) is 11.4 Å². The van der Waals surface area contributed by atoms with E-state index in [0.717, 1.165) is 24.9 Å². The second-order valence-corrected chi connectivity index (χ2v) is 8.68. The van der Waals surface area contributed by atoms with Crippen LogP contribution in [0.5, 0.6) is 0 Å². The highest BCUT2D eigenvalue weighted by atomic mass is 16.2. The molecule has 2 aliphatic rings. The second-order valence-electron chi connectivity index (χ2n) is 8.68. The Kier molecular flexibility index (Phi) is 3.63. The van der Waals surface area contributed by atoms with E-state index >= 15 is 0 Å². The van der Waals surface area contributed by atoms with Crippen molar-refractivity contribution in [2.45, 2.75) is 46.1 Å². The highest BCUT2D eigenvalue weighted by molar-refractivity contribution is 5.94. The van der Waals surface area contributed by atoms with Crippen LogP contribution < -0.4 is 0 Å². The van der Waals surface area contributed by atoms with Crippen molar-refractivity contribution >= 4 is 5.91 Å². The molecule has 130 valence electrons. The number of amides is 1. The predicted molar refractivity (Wildman–Crippen MR) is 95.8 cm³/mol. The first-order chi connectivity index (χ1) is 11.9. The van der Waals surface area contributed by atoms with E-state index < -0.39 is 0 Å². The third kappa shape index (κ3) is 3.03. The summed E-state index contributed by atoms with van der Waals surface area (Å²) in [7, 11) is 0. The maximum atomic E-state index is 13.0. The molecule has 1 saturated carbocycles. The molecule has 1 aliphatic heterocycles. The number of hydrogen-bond donors (Lipinski definition) is 0. The largest absolute Gasteiger partial charge is 0.335 e. The summed E-state index contributed by atoms with van der Waals surface area (Å²) < 4.78 is 0. The van der Waals surface area contributed by atoms with Crippen molar-refractivity contribution in [3.05, 3.63) is 42.5 Å². The van der Waals surface area contributed by atoms with E-state index in [2.05, 4.69) is 40.6 Å². The van der Waals surface area contributed by atoms with Gasteiger partial charge < -0.3 is 4.90 Å². The van der Waals surface area contributed by atoms with Crippen LogP contribution in [0.15, 0.2) is 36.9 Å². The fourth-order valence-corrected chi connectivity index (χ4v) is 4.95. The first-order valence-electron chi connectivity index (χ1n) is 8.89. The van der Waals surface area contributed by atoms with Gasteiger partial charge in [0.1, 0.15) is 0 Å². The fourth-order valence-electron chi connectivity index (χ4n) is 4.95. The number of hydrogen-bond acceptors (Lipinski definition) is 4. The number of carbonyl (C=O) groups excluding carboxylic acids is 1. The zero-order chi connectivity index (χ0) is 17.7. The van der Waals surface area contributed by atoms with E-state index in [1.54, 1.807) is 24.8 Å². The van der Waals surface area contributed by atoms with Crippen molar-refractivity contribution in [2.24, 2.45) is 10.8 Å². The van der Waals surface area contributed by atoms with Gasteiger partial charge in [-0.2, -0.15) is 0 Å². The SMILES string of the molecule is CC1(C)C[C@@H]2C[C@@](C)(CN2C(=O)c2cnc(-c3cccnc3)nc2)C1. The normalized spacial score (nSPS) is 27.3. The van der Waals surface area contributed by atoms with Gasteiger partial charge in [-0.05, 0) is 42.2 Å².